The monoisotopic (exact) mass is 1520 g/mol. The van der Waals surface area contributed by atoms with Crippen LogP contribution in [0.15, 0.2) is 0 Å². The van der Waals surface area contributed by atoms with Crippen molar-refractivity contribution < 1.29 is 81.4 Å². The van der Waals surface area contributed by atoms with Gasteiger partial charge in [0, 0.05) is 30.1 Å². The van der Waals surface area contributed by atoms with Crippen LogP contribution in [0, 0.1) is 129 Å². The van der Waals surface area contributed by atoms with Crippen molar-refractivity contribution in [3.63, 3.8) is 0 Å². The van der Waals surface area contributed by atoms with E-state index in [1.54, 1.807) is 0 Å². The summed E-state index contributed by atoms with van der Waals surface area (Å²) in [6.45, 7) is 31.5. The summed E-state index contributed by atoms with van der Waals surface area (Å²) in [5, 5.41) is 10.6. The summed E-state index contributed by atoms with van der Waals surface area (Å²) >= 11 is 0. The van der Waals surface area contributed by atoms with E-state index in [9.17, 15) is 43.5 Å². The summed E-state index contributed by atoms with van der Waals surface area (Å²) in [6.07, 6.45) is 23.6. The van der Waals surface area contributed by atoms with E-state index in [2.05, 4.69) is 27.7 Å². The molecule has 22 unspecified atom stereocenters. The molecule has 0 amide bonds. The molecule has 18 rings (SSSR count). The van der Waals surface area contributed by atoms with Crippen molar-refractivity contribution in [1.82, 2.24) is 0 Å². The number of hydrogen-bond acceptors (Lipinski definition) is 17. The molecule has 0 spiro atoms. The maximum atomic E-state index is 12.5. The highest BCUT2D eigenvalue weighted by Gasteiger charge is 2.71. The second kappa shape index (κ2) is 36.4. The van der Waals surface area contributed by atoms with Crippen LogP contribution in [0.2, 0.25) is 0 Å². The van der Waals surface area contributed by atoms with Gasteiger partial charge >= 0.3 is 41.8 Å². The predicted molar refractivity (Wildman–Crippen MR) is 427 cm³/mol. The van der Waals surface area contributed by atoms with Gasteiger partial charge in [0.15, 0.2) is 12.2 Å². The topological polar surface area (TPSA) is 231 Å². The van der Waals surface area contributed by atoms with Crippen LogP contribution in [0.1, 0.15) is 339 Å². The SMILES string of the molecule is C.C.C.C.C.C.C.C.C.C.CCC(C)(C)C(=O)OC1(C)C2CC3CC(C2)CC1C3.CCC(C)(C)C(=O)OC12CC3CC(CC(O)(C3)C1)C2.CCC(C)(C)C(=O)OC1C2CC3C(=O)OC1C3O2.CCC(C)C(=O)OC1(CC)CC2CC1C1C3CCC(C3)C21.CCC(C)C(=O)OC1C2CC3C1OC(=O)C3C2C(C)=O. The fourth-order valence-electron chi connectivity index (χ4n) is 23.2. The van der Waals surface area contributed by atoms with E-state index >= 15 is 0 Å². The number of Topliss-reactive ketones (excluding diaryl/α,β-unsaturated/α-hetero) is 1. The first-order valence-corrected chi connectivity index (χ1v) is 39.0. The molecule has 18 fully saturated rings. The minimum Gasteiger partial charge on any atom is -0.459 e. The van der Waals surface area contributed by atoms with E-state index in [1.165, 1.54) is 77.6 Å². The average molecular weight is 1520 g/mol. The Balaban J connectivity index is 0.000000444. The van der Waals surface area contributed by atoms with Gasteiger partial charge in [-0.1, -0.05) is 130 Å². The van der Waals surface area contributed by atoms with Gasteiger partial charge in [-0.15, -0.1) is 0 Å². The molecule has 0 radical (unpaired) electrons. The van der Waals surface area contributed by atoms with E-state index in [0.717, 1.165) is 99.2 Å². The van der Waals surface area contributed by atoms with E-state index < -0.39 is 34.7 Å². The maximum absolute atomic E-state index is 12.5. The Morgan fingerprint density at radius 1 is 0.514 bits per heavy atom. The van der Waals surface area contributed by atoms with E-state index in [0.29, 0.717) is 55.3 Å². The van der Waals surface area contributed by atoms with Crippen LogP contribution in [0.5, 0.6) is 0 Å². The van der Waals surface area contributed by atoms with Crippen LogP contribution in [-0.4, -0.2) is 112 Å². The Morgan fingerprint density at radius 2 is 1.01 bits per heavy atom. The Kier molecular flexibility index (Phi) is 33.6. The molecule has 16 bridgehead atoms. The van der Waals surface area contributed by atoms with Crippen LogP contribution in [0.25, 0.3) is 0 Å². The molecule has 0 aromatic heterocycles. The number of ether oxygens (including phenoxy) is 8. The number of aliphatic hydroxyl groups is 1. The standard InChI is InChI=1S/C19H30O2.C17H28O2.C16H26O3.C15H20O5.C13H18O5.10CH4/c1-4-11(3)18(20)21-19(5-2)10-14-9-15(19)17-13-7-6-12(8-13)16(14)17;1-5-16(2,3)15(18)19-17(4)13-7-11-6-12(9-13)10-14(17)8-11;1-4-14(2,3)13(17)19-16-8-11-5-12(9-16)7-15(18,6-11)10-16;1-4-6(2)14(17)19-12-8-5-9-11(10(8)7(3)16)15(18)20-13(9)12;1-4-13(2,3)12(15)18-9-7-5-6-8(16-7)10(9)17-11(6)14;;;;;;;;;;/h11-17H,4-10H2,1-3H3;11-14H,5-10H2,1-4H3;11-12,18H,4-10H2,1-3H3;6,8-13H,4-5H2,1-3H3;6-10H,4-5H2,1-3H3;10*1H4. The molecule has 0 aromatic carbocycles. The molecule has 4 aliphatic heterocycles. The van der Waals surface area contributed by atoms with Crippen molar-refractivity contribution in [3.8, 4) is 0 Å². The fourth-order valence-corrected chi connectivity index (χ4v) is 23.2. The number of fused-ring (bicyclic) bond motifs is 11. The van der Waals surface area contributed by atoms with Crippen LogP contribution < -0.4 is 0 Å². The minimum absolute atomic E-state index is 0. The van der Waals surface area contributed by atoms with Gasteiger partial charge in [0.2, 0.25) is 0 Å². The molecule has 14 saturated carbocycles. The van der Waals surface area contributed by atoms with E-state index in [4.69, 9.17) is 37.9 Å². The van der Waals surface area contributed by atoms with Gasteiger partial charge in [-0.3, -0.25) is 38.4 Å². The van der Waals surface area contributed by atoms with Gasteiger partial charge in [0.05, 0.1) is 51.6 Å². The van der Waals surface area contributed by atoms with Crippen LogP contribution in [0.4, 0.5) is 0 Å². The second-order valence-electron chi connectivity index (χ2n) is 36.9. The first-order chi connectivity index (χ1) is 45.6. The van der Waals surface area contributed by atoms with E-state index in [-0.39, 0.29) is 204 Å². The van der Waals surface area contributed by atoms with Crippen LogP contribution in [0.3, 0.4) is 0 Å². The molecule has 4 heterocycles. The van der Waals surface area contributed by atoms with Crippen molar-refractivity contribution in [2.75, 3.05) is 0 Å². The maximum Gasteiger partial charge on any atom is 0.312 e. The number of hydrogen-bond donors (Lipinski definition) is 1. The van der Waals surface area contributed by atoms with Gasteiger partial charge in [0.1, 0.15) is 40.9 Å². The van der Waals surface area contributed by atoms with Crippen molar-refractivity contribution in [2.45, 2.75) is 398 Å². The number of rotatable bonds is 17. The van der Waals surface area contributed by atoms with Crippen molar-refractivity contribution >= 4 is 47.6 Å². The van der Waals surface area contributed by atoms with Crippen molar-refractivity contribution in [1.29, 1.82) is 0 Å². The quantitative estimate of drug-likeness (QED) is 0.0810. The molecular formula is C90H162O17. The number of esters is 7. The van der Waals surface area contributed by atoms with Gasteiger partial charge < -0.3 is 43.0 Å². The van der Waals surface area contributed by atoms with Crippen LogP contribution in [-0.2, 0) is 76.3 Å². The minimum atomic E-state index is -0.555. The molecule has 624 valence electrons. The lowest BCUT2D eigenvalue weighted by Gasteiger charge is -2.59. The van der Waals surface area contributed by atoms with Gasteiger partial charge in [-0.2, -0.15) is 0 Å². The highest BCUT2D eigenvalue weighted by atomic mass is 16.7. The predicted octanol–water partition coefficient (Wildman–Crippen LogP) is 20.4. The smallest absolute Gasteiger partial charge is 0.312 e. The Labute approximate surface area is 652 Å². The lowest BCUT2D eigenvalue weighted by Crippen LogP contribution is -2.61. The largest absolute Gasteiger partial charge is 0.459 e. The highest BCUT2D eigenvalue weighted by molar-refractivity contribution is 5.89. The average Bonchev–Trinajstić information content (AvgIpc) is 1.64. The van der Waals surface area contributed by atoms with Crippen LogP contribution >= 0.6 is 0 Å². The van der Waals surface area contributed by atoms with Gasteiger partial charge in [-0.25, -0.2) is 0 Å². The Bertz CT molecular complexity index is 2980. The second-order valence-corrected chi connectivity index (χ2v) is 36.9. The summed E-state index contributed by atoms with van der Waals surface area (Å²) in [6, 6.07) is 0. The van der Waals surface area contributed by atoms with Crippen molar-refractivity contribution in [2.24, 2.45) is 129 Å². The zero-order chi connectivity index (χ0) is 70.2. The Hall–Kier alpha value is -4.12. The van der Waals surface area contributed by atoms with E-state index in [1.807, 2.05) is 76.2 Å². The molecule has 17 heteroatoms. The molecule has 0 aromatic rings. The summed E-state index contributed by atoms with van der Waals surface area (Å²) in [7, 11) is 0. The third-order valence-corrected chi connectivity index (χ3v) is 29.8. The summed E-state index contributed by atoms with van der Waals surface area (Å²) in [5.74, 6) is 7.75. The summed E-state index contributed by atoms with van der Waals surface area (Å²) < 4.78 is 45.7. The Morgan fingerprint density at radius 3 is 1.51 bits per heavy atom. The summed E-state index contributed by atoms with van der Waals surface area (Å²) in [5.41, 5.74) is -2.44. The summed E-state index contributed by atoms with van der Waals surface area (Å²) in [4.78, 5) is 96.6. The first kappa shape index (κ1) is 99.0. The molecule has 17 nitrogen and oxygen atoms in total. The third kappa shape index (κ3) is 17.8. The molecule has 18 aliphatic rings. The van der Waals surface area contributed by atoms with Gasteiger partial charge in [0.25, 0.3) is 0 Å². The number of ketones is 1. The molecule has 14 aliphatic carbocycles. The molecular weight excluding hydrogens is 1350 g/mol. The van der Waals surface area contributed by atoms with Crippen molar-refractivity contribution in [3.05, 3.63) is 0 Å². The molecule has 1 N–H and O–H groups in total. The number of carbonyl (C=O) groups is 8. The lowest BCUT2D eigenvalue weighted by atomic mass is 9.50. The highest BCUT2D eigenvalue weighted by Crippen LogP contribution is 2.71. The molecule has 107 heavy (non-hydrogen) atoms. The number of carbonyl (C=O) groups excluding carboxylic acids is 8. The molecule has 4 saturated heterocycles. The zero-order valence-corrected chi connectivity index (χ0v) is 61.9. The first-order valence-electron chi connectivity index (χ1n) is 39.0. The van der Waals surface area contributed by atoms with Gasteiger partial charge in [-0.05, 0) is 268 Å². The zero-order valence-electron chi connectivity index (χ0n) is 61.9. The molecule has 22 atom stereocenters. The fraction of sp³-hybridized carbons (Fsp3) is 0.911. The third-order valence-electron chi connectivity index (χ3n) is 29.8. The normalized spacial score (nSPS) is 40.7. The lowest BCUT2D eigenvalue weighted by molar-refractivity contribution is -0.225.